The molecule has 0 spiro atoms. The minimum absolute atomic E-state index is 0.0721. The Morgan fingerprint density at radius 2 is 1.75 bits per heavy atom. The Labute approximate surface area is 188 Å². The molecule has 0 saturated carbocycles. The van der Waals surface area contributed by atoms with E-state index in [1.807, 2.05) is 30.3 Å². The van der Waals surface area contributed by atoms with Crippen molar-refractivity contribution >= 4 is 11.8 Å². The molecular weight excluding hydrogens is 403 g/mol. The highest BCUT2D eigenvalue weighted by Crippen LogP contribution is 2.37. The highest BCUT2D eigenvalue weighted by Gasteiger charge is 2.43. The van der Waals surface area contributed by atoms with E-state index in [1.165, 1.54) is 18.2 Å². The van der Waals surface area contributed by atoms with Crippen molar-refractivity contribution in [3.8, 4) is 11.1 Å². The number of hydrogen-bond donors (Lipinski definition) is 1. The Balaban J connectivity index is 1.67. The second kappa shape index (κ2) is 9.35. The number of piperidine rings is 1. The summed E-state index contributed by atoms with van der Waals surface area (Å²) < 4.78 is 13.7. The Morgan fingerprint density at radius 1 is 1.00 bits per heavy atom. The van der Waals surface area contributed by atoms with Gasteiger partial charge in [-0.2, -0.15) is 0 Å². The van der Waals surface area contributed by atoms with Gasteiger partial charge in [-0.15, -0.1) is 0 Å². The van der Waals surface area contributed by atoms with Crippen molar-refractivity contribution in [2.24, 2.45) is 5.41 Å². The molecule has 1 aliphatic rings. The first-order valence-corrected chi connectivity index (χ1v) is 10.9. The molecule has 0 bridgehead atoms. The zero-order chi connectivity index (χ0) is 22.6. The summed E-state index contributed by atoms with van der Waals surface area (Å²) >= 11 is 0. The average Bonchev–Trinajstić information content (AvgIpc) is 2.84. The van der Waals surface area contributed by atoms with E-state index in [1.54, 1.807) is 18.0 Å². The molecule has 4 nitrogen and oxygen atoms in total. The van der Waals surface area contributed by atoms with E-state index >= 15 is 0 Å². The van der Waals surface area contributed by atoms with Gasteiger partial charge in [0.15, 0.2) is 0 Å². The van der Waals surface area contributed by atoms with Gasteiger partial charge in [0.1, 0.15) is 5.82 Å². The lowest BCUT2D eigenvalue weighted by Gasteiger charge is -2.42. The van der Waals surface area contributed by atoms with Crippen molar-refractivity contribution in [2.45, 2.75) is 19.3 Å². The number of carbonyl (C=O) groups is 2. The topological polar surface area (TPSA) is 49.4 Å². The van der Waals surface area contributed by atoms with E-state index < -0.39 is 11.2 Å². The van der Waals surface area contributed by atoms with Gasteiger partial charge in [0.05, 0.1) is 5.41 Å². The van der Waals surface area contributed by atoms with E-state index in [9.17, 15) is 14.0 Å². The monoisotopic (exact) mass is 430 g/mol. The number of halogens is 1. The van der Waals surface area contributed by atoms with Gasteiger partial charge in [0.25, 0.3) is 5.91 Å². The molecule has 1 aliphatic heterocycles. The average molecular weight is 431 g/mol. The van der Waals surface area contributed by atoms with Crippen LogP contribution in [-0.4, -0.2) is 36.9 Å². The van der Waals surface area contributed by atoms with Gasteiger partial charge >= 0.3 is 0 Å². The molecule has 1 fully saturated rings. The van der Waals surface area contributed by atoms with Crippen LogP contribution in [0.1, 0.15) is 28.8 Å². The standard InChI is InChI=1S/C27H27FN2O2/c1-29-26(32)27(18-22-11-5-6-14-24(22)20-9-3-2-4-10-20)15-8-16-30(19-27)25(31)21-12-7-13-23(28)17-21/h2-7,9-14,17H,8,15-16,18-19H2,1H3,(H,29,32). The van der Waals surface area contributed by atoms with Gasteiger partial charge in [-0.05, 0) is 54.2 Å². The minimum atomic E-state index is -0.749. The van der Waals surface area contributed by atoms with Gasteiger partial charge in [-0.25, -0.2) is 4.39 Å². The van der Waals surface area contributed by atoms with Crippen LogP contribution in [0.5, 0.6) is 0 Å². The summed E-state index contributed by atoms with van der Waals surface area (Å²) in [5.41, 5.74) is 2.81. The van der Waals surface area contributed by atoms with Gasteiger partial charge < -0.3 is 10.2 Å². The molecule has 2 amide bonds. The highest BCUT2D eigenvalue weighted by molar-refractivity contribution is 5.95. The third kappa shape index (κ3) is 4.42. The maximum Gasteiger partial charge on any atom is 0.253 e. The second-order valence-electron chi connectivity index (χ2n) is 8.40. The Hall–Kier alpha value is -3.47. The lowest BCUT2D eigenvalue weighted by atomic mass is 9.73. The quantitative estimate of drug-likeness (QED) is 0.638. The van der Waals surface area contributed by atoms with Crippen LogP contribution in [-0.2, 0) is 11.2 Å². The van der Waals surface area contributed by atoms with Crippen LogP contribution in [0, 0.1) is 11.2 Å². The molecule has 1 atom stereocenters. The molecule has 4 rings (SSSR count). The van der Waals surface area contributed by atoms with Gasteiger partial charge in [-0.1, -0.05) is 60.7 Å². The van der Waals surface area contributed by atoms with Gasteiger partial charge in [0, 0.05) is 25.7 Å². The first-order chi connectivity index (χ1) is 15.5. The van der Waals surface area contributed by atoms with Crippen molar-refractivity contribution < 1.29 is 14.0 Å². The SMILES string of the molecule is CNC(=O)C1(Cc2ccccc2-c2ccccc2)CCCN(C(=O)c2cccc(F)c2)C1. The summed E-state index contributed by atoms with van der Waals surface area (Å²) in [5, 5.41) is 2.83. The summed E-state index contributed by atoms with van der Waals surface area (Å²) in [6.45, 7) is 0.847. The van der Waals surface area contributed by atoms with Crippen LogP contribution in [0.4, 0.5) is 4.39 Å². The van der Waals surface area contributed by atoms with Crippen LogP contribution < -0.4 is 5.32 Å². The lowest BCUT2D eigenvalue weighted by Crippen LogP contribution is -2.54. The lowest BCUT2D eigenvalue weighted by molar-refractivity contribution is -0.133. The van der Waals surface area contributed by atoms with E-state index in [0.29, 0.717) is 37.9 Å². The molecule has 0 aromatic heterocycles. The highest BCUT2D eigenvalue weighted by atomic mass is 19.1. The van der Waals surface area contributed by atoms with Crippen molar-refractivity contribution in [3.05, 3.63) is 95.8 Å². The third-order valence-electron chi connectivity index (χ3n) is 6.28. The number of amides is 2. The molecule has 1 unspecified atom stereocenters. The van der Waals surface area contributed by atoms with Crippen molar-refractivity contribution in [1.82, 2.24) is 10.2 Å². The number of nitrogens with zero attached hydrogens (tertiary/aromatic N) is 1. The Kier molecular flexibility index (Phi) is 6.35. The van der Waals surface area contributed by atoms with Crippen LogP contribution in [0.3, 0.4) is 0 Å². The molecule has 5 heteroatoms. The predicted octanol–water partition coefficient (Wildman–Crippen LogP) is 4.70. The zero-order valence-corrected chi connectivity index (χ0v) is 18.2. The minimum Gasteiger partial charge on any atom is -0.359 e. The zero-order valence-electron chi connectivity index (χ0n) is 18.2. The fourth-order valence-electron chi connectivity index (χ4n) is 4.72. The van der Waals surface area contributed by atoms with Gasteiger partial charge in [-0.3, -0.25) is 9.59 Å². The number of carbonyl (C=O) groups excluding carboxylic acids is 2. The third-order valence-corrected chi connectivity index (χ3v) is 6.28. The Bertz CT molecular complexity index is 1120. The van der Waals surface area contributed by atoms with Crippen LogP contribution in [0.2, 0.25) is 0 Å². The number of likely N-dealkylation sites (tertiary alicyclic amines) is 1. The van der Waals surface area contributed by atoms with Crippen LogP contribution >= 0.6 is 0 Å². The largest absolute Gasteiger partial charge is 0.359 e. The molecule has 0 aliphatic carbocycles. The molecular formula is C27H27FN2O2. The number of nitrogens with one attached hydrogen (secondary N) is 1. The molecule has 1 saturated heterocycles. The second-order valence-corrected chi connectivity index (χ2v) is 8.40. The van der Waals surface area contributed by atoms with Crippen molar-refractivity contribution in [1.29, 1.82) is 0 Å². The smallest absolute Gasteiger partial charge is 0.253 e. The first kappa shape index (κ1) is 21.8. The number of rotatable bonds is 5. The summed E-state index contributed by atoms with van der Waals surface area (Å²) in [5.74, 6) is -0.756. The summed E-state index contributed by atoms with van der Waals surface area (Å²) in [6.07, 6.45) is 1.91. The van der Waals surface area contributed by atoms with Crippen LogP contribution in [0.25, 0.3) is 11.1 Å². The molecule has 3 aromatic rings. The van der Waals surface area contributed by atoms with E-state index in [2.05, 4.69) is 29.6 Å². The molecule has 0 radical (unpaired) electrons. The fourth-order valence-corrected chi connectivity index (χ4v) is 4.72. The van der Waals surface area contributed by atoms with Crippen LogP contribution in [0.15, 0.2) is 78.9 Å². The molecule has 32 heavy (non-hydrogen) atoms. The summed E-state index contributed by atoms with van der Waals surface area (Å²) in [4.78, 5) is 28.0. The summed E-state index contributed by atoms with van der Waals surface area (Å²) in [7, 11) is 1.64. The van der Waals surface area contributed by atoms with E-state index in [-0.39, 0.29) is 11.8 Å². The molecule has 164 valence electrons. The summed E-state index contributed by atoms with van der Waals surface area (Å²) in [6, 6.07) is 23.9. The fraction of sp³-hybridized carbons (Fsp3) is 0.259. The molecule has 3 aromatic carbocycles. The normalized spacial score (nSPS) is 18.2. The number of benzene rings is 3. The van der Waals surface area contributed by atoms with E-state index in [4.69, 9.17) is 0 Å². The first-order valence-electron chi connectivity index (χ1n) is 10.9. The van der Waals surface area contributed by atoms with Crippen molar-refractivity contribution in [3.63, 3.8) is 0 Å². The molecule has 1 N–H and O–H groups in total. The van der Waals surface area contributed by atoms with Gasteiger partial charge in [0.2, 0.25) is 5.91 Å². The molecule has 1 heterocycles. The van der Waals surface area contributed by atoms with Crippen molar-refractivity contribution in [2.75, 3.05) is 20.1 Å². The number of hydrogen-bond acceptors (Lipinski definition) is 2. The predicted molar refractivity (Wildman–Crippen MR) is 124 cm³/mol. The maximum absolute atomic E-state index is 13.7. The van der Waals surface area contributed by atoms with E-state index in [0.717, 1.165) is 16.7 Å². The Morgan fingerprint density at radius 3 is 2.50 bits per heavy atom. The maximum atomic E-state index is 13.7.